The summed E-state index contributed by atoms with van der Waals surface area (Å²) in [4.78, 5) is 13.7. The quantitative estimate of drug-likeness (QED) is 0.640. The van der Waals surface area contributed by atoms with Gasteiger partial charge in [0.25, 0.3) is 0 Å². The van der Waals surface area contributed by atoms with Crippen LogP contribution in [0.1, 0.15) is 20.8 Å². The summed E-state index contributed by atoms with van der Waals surface area (Å²) in [6.45, 7) is 7.57. The molecule has 0 unspecified atom stereocenters. The number of rotatable bonds is 6. The first-order chi connectivity index (χ1) is 6.49. The second-order valence-corrected chi connectivity index (χ2v) is 4.16. The Kier molecular flexibility index (Phi) is 6.12. The molecule has 0 aromatic rings. The van der Waals surface area contributed by atoms with Crippen molar-refractivity contribution in [2.75, 3.05) is 32.7 Å². The van der Waals surface area contributed by atoms with Crippen molar-refractivity contribution in [3.63, 3.8) is 0 Å². The van der Waals surface area contributed by atoms with E-state index < -0.39 is 5.41 Å². The molecule has 0 radical (unpaired) electrons. The Morgan fingerprint density at radius 2 is 2.07 bits per heavy atom. The summed E-state index contributed by atoms with van der Waals surface area (Å²) in [6.07, 6.45) is 0. The Morgan fingerprint density at radius 3 is 2.43 bits per heavy atom. The Hall–Kier alpha value is -0.280. The highest BCUT2D eigenvalue weighted by Gasteiger charge is 2.30. The molecule has 0 rings (SSSR count). The molecule has 0 heterocycles. The van der Waals surface area contributed by atoms with Crippen LogP contribution in [0, 0.1) is 5.41 Å². The minimum Gasteiger partial charge on any atom is -0.383 e. The average Bonchev–Trinajstić information content (AvgIpc) is 2.18. The van der Waals surface area contributed by atoms with Crippen molar-refractivity contribution in [3.05, 3.63) is 0 Å². The van der Waals surface area contributed by atoms with Crippen molar-refractivity contribution < 1.29 is 9.53 Å². The molecule has 0 fully saturated rings. The van der Waals surface area contributed by atoms with Gasteiger partial charge in [0.05, 0.1) is 12.0 Å². The van der Waals surface area contributed by atoms with E-state index in [1.165, 1.54) is 0 Å². The number of amides is 1. The van der Waals surface area contributed by atoms with E-state index in [0.29, 0.717) is 25.6 Å². The second-order valence-electron chi connectivity index (χ2n) is 3.90. The number of ether oxygens (including phenoxy) is 1. The van der Waals surface area contributed by atoms with Crippen molar-refractivity contribution in [1.82, 2.24) is 4.90 Å². The van der Waals surface area contributed by atoms with Crippen LogP contribution >= 0.6 is 11.6 Å². The molecule has 3 nitrogen and oxygen atoms in total. The summed E-state index contributed by atoms with van der Waals surface area (Å²) in [7, 11) is 1.63. The van der Waals surface area contributed by atoms with Crippen molar-refractivity contribution in [2.45, 2.75) is 20.8 Å². The lowest BCUT2D eigenvalue weighted by Crippen LogP contribution is -2.43. The molecule has 0 aliphatic carbocycles. The summed E-state index contributed by atoms with van der Waals surface area (Å²) in [5.74, 6) is 0.432. The van der Waals surface area contributed by atoms with Crippen molar-refractivity contribution in [1.29, 1.82) is 0 Å². The van der Waals surface area contributed by atoms with E-state index >= 15 is 0 Å². The van der Waals surface area contributed by atoms with Crippen LogP contribution in [0.5, 0.6) is 0 Å². The normalized spacial score (nSPS) is 11.5. The van der Waals surface area contributed by atoms with Gasteiger partial charge in [-0.25, -0.2) is 0 Å². The molecule has 0 spiro atoms. The molecule has 0 saturated heterocycles. The third-order valence-electron chi connectivity index (χ3n) is 2.15. The first kappa shape index (κ1) is 13.7. The number of carbonyl (C=O) groups excluding carboxylic acids is 1. The highest BCUT2D eigenvalue weighted by molar-refractivity contribution is 6.19. The number of alkyl halides is 1. The van der Waals surface area contributed by atoms with E-state index in [0.717, 1.165) is 0 Å². The van der Waals surface area contributed by atoms with Crippen LogP contribution in [0.15, 0.2) is 0 Å². The van der Waals surface area contributed by atoms with Crippen molar-refractivity contribution in [2.24, 2.45) is 5.41 Å². The molecule has 0 bridgehead atoms. The van der Waals surface area contributed by atoms with Crippen LogP contribution in [0.3, 0.4) is 0 Å². The van der Waals surface area contributed by atoms with Gasteiger partial charge in [0.2, 0.25) is 5.91 Å². The lowest BCUT2D eigenvalue weighted by molar-refractivity contribution is -0.139. The van der Waals surface area contributed by atoms with Crippen LogP contribution in [0.2, 0.25) is 0 Å². The van der Waals surface area contributed by atoms with Gasteiger partial charge in [0.15, 0.2) is 0 Å². The molecular formula is C10H20ClNO2. The van der Waals surface area contributed by atoms with Gasteiger partial charge in [-0.15, -0.1) is 11.6 Å². The van der Waals surface area contributed by atoms with Gasteiger partial charge < -0.3 is 9.64 Å². The molecule has 4 heteroatoms. The topological polar surface area (TPSA) is 29.5 Å². The van der Waals surface area contributed by atoms with Crippen molar-refractivity contribution in [3.8, 4) is 0 Å². The van der Waals surface area contributed by atoms with Crippen LogP contribution in [-0.2, 0) is 9.53 Å². The van der Waals surface area contributed by atoms with Crippen LogP contribution in [-0.4, -0.2) is 43.5 Å². The van der Waals surface area contributed by atoms with Gasteiger partial charge in [-0.05, 0) is 20.8 Å². The molecule has 0 aromatic carbocycles. The zero-order valence-corrected chi connectivity index (χ0v) is 10.2. The maximum Gasteiger partial charge on any atom is 0.229 e. The number of hydrogen-bond donors (Lipinski definition) is 0. The summed E-state index contributed by atoms with van der Waals surface area (Å²) in [5.41, 5.74) is -0.481. The van der Waals surface area contributed by atoms with Gasteiger partial charge in [-0.1, -0.05) is 0 Å². The van der Waals surface area contributed by atoms with E-state index in [1.807, 2.05) is 20.8 Å². The molecule has 0 saturated carbocycles. The van der Waals surface area contributed by atoms with Crippen molar-refractivity contribution >= 4 is 17.5 Å². The SMILES string of the molecule is CCN(CCOC)C(=O)C(C)(C)CCl. The molecule has 0 N–H and O–H groups in total. The molecule has 0 atom stereocenters. The predicted octanol–water partition coefficient (Wildman–Crippen LogP) is 1.75. The molecule has 0 aromatic heterocycles. The van der Waals surface area contributed by atoms with Crippen LogP contribution in [0.25, 0.3) is 0 Å². The zero-order chi connectivity index (χ0) is 11.2. The van der Waals surface area contributed by atoms with Gasteiger partial charge in [-0.2, -0.15) is 0 Å². The first-order valence-corrected chi connectivity index (χ1v) is 5.37. The van der Waals surface area contributed by atoms with E-state index in [-0.39, 0.29) is 5.91 Å². The zero-order valence-electron chi connectivity index (χ0n) is 9.47. The first-order valence-electron chi connectivity index (χ1n) is 4.84. The summed E-state index contributed by atoms with van der Waals surface area (Å²) in [6, 6.07) is 0. The predicted molar refractivity (Wildman–Crippen MR) is 58.6 cm³/mol. The fourth-order valence-corrected chi connectivity index (χ4v) is 1.20. The smallest absolute Gasteiger partial charge is 0.229 e. The number of methoxy groups -OCH3 is 1. The number of carbonyl (C=O) groups is 1. The van der Waals surface area contributed by atoms with Gasteiger partial charge >= 0.3 is 0 Å². The maximum atomic E-state index is 11.9. The van der Waals surface area contributed by atoms with Crippen LogP contribution < -0.4 is 0 Å². The summed E-state index contributed by atoms with van der Waals surface area (Å²) in [5, 5.41) is 0. The lowest BCUT2D eigenvalue weighted by Gasteiger charge is -2.29. The minimum atomic E-state index is -0.481. The van der Waals surface area contributed by atoms with Gasteiger partial charge in [0.1, 0.15) is 0 Å². The fraction of sp³-hybridized carbons (Fsp3) is 0.900. The number of hydrogen-bond acceptors (Lipinski definition) is 2. The molecular weight excluding hydrogens is 202 g/mol. The molecule has 0 aliphatic rings. The molecule has 84 valence electrons. The average molecular weight is 222 g/mol. The highest BCUT2D eigenvalue weighted by atomic mass is 35.5. The maximum absolute atomic E-state index is 11.9. The minimum absolute atomic E-state index is 0.0899. The fourth-order valence-electron chi connectivity index (χ4n) is 1.09. The van der Waals surface area contributed by atoms with Gasteiger partial charge in [0, 0.05) is 26.1 Å². The van der Waals surface area contributed by atoms with Crippen LogP contribution in [0.4, 0.5) is 0 Å². The Morgan fingerprint density at radius 1 is 1.50 bits per heavy atom. The molecule has 1 amide bonds. The number of halogens is 1. The molecule has 14 heavy (non-hydrogen) atoms. The summed E-state index contributed by atoms with van der Waals surface area (Å²) < 4.78 is 4.94. The summed E-state index contributed by atoms with van der Waals surface area (Å²) >= 11 is 5.74. The monoisotopic (exact) mass is 221 g/mol. The Balaban J connectivity index is 4.30. The largest absolute Gasteiger partial charge is 0.383 e. The Labute approximate surface area is 91.4 Å². The second kappa shape index (κ2) is 6.25. The number of nitrogens with zero attached hydrogens (tertiary/aromatic N) is 1. The van der Waals surface area contributed by atoms with E-state index in [9.17, 15) is 4.79 Å². The lowest BCUT2D eigenvalue weighted by atomic mass is 9.94. The highest BCUT2D eigenvalue weighted by Crippen LogP contribution is 2.20. The Bertz CT molecular complexity index is 183. The third-order valence-corrected chi connectivity index (χ3v) is 2.82. The standard InChI is InChI=1S/C10H20ClNO2/c1-5-12(6-7-14-4)9(13)10(2,3)8-11/h5-8H2,1-4H3. The van der Waals surface area contributed by atoms with E-state index in [4.69, 9.17) is 16.3 Å². The molecule has 0 aliphatic heterocycles. The van der Waals surface area contributed by atoms with E-state index in [1.54, 1.807) is 12.0 Å². The number of likely N-dealkylation sites (N-methyl/N-ethyl adjacent to an activating group) is 1. The van der Waals surface area contributed by atoms with Gasteiger partial charge in [-0.3, -0.25) is 4.79 Å². The van der Waals surface area contributed by atoms with E-state index in [2.05, 4.69) is 0 Å². The third kappa shape index (κ3) is 3.84.